The largest absolute Gasteiger partial charge is 0.467 e. The first-order chi connectivity index (χ1) is 8.47. The molecule has 102 valence electrons. The normalized spacial score (nSPS) is 10.9. The van der Waals surface area contributed by atoms with Gasteiger partial charge in [0.15, 0.2) is 0 Å². The maximum absolute atomic E-state index is 5.10. The van der Waals surface area contributed by atoms with Crippen LogP contribution < -0.4 is 15.0 Å². The maximum atomic E-state index is 5.10. The van der Waals surface area contributed by atoms with Crippen LogP contribution in [0.15, 0.2) is 0 Å². The Hall–Kier alpha value is -1.59. The zero-order valence-electron chi connectivity index (χ0n) is 12.1. The highest BCUT2D eigenvalue weighted by molar-refractivity contribution is 5.38. The van der Waals surface area contributed by atoms with Gasteiger partial charge in [0.2, 0.25) is 11.9 Å². The van der Waals surface area contributed by atoms with E-state index in [0.717, 1.165) is 6.54 Å². The van der Waals surface area contributed by atoms with Crippen LogP contribution in [0.3, 0.4) is 0 Å². The summed E-state index contributed by atoms with van der Waals surface area (Å²) < 4.78 is 5.10. The van der Waals surface area contributed by atoms with Crippen molar-refractivity contribution in [2.45, 2.75) is 33.7 Å². The third kappa shape index (κ3) is 3.72. The van der Waals surface area contributed by atoms with E-state index in [9.17, 15) is 0 Å². The summed E-state index contributed by atoms with van der Waals surface area (Å²) in [5.74, 6) is 1.70. The minimum atomic E-state index is 0.323. The number of nitrogens with one attached hydrogen (secondary N) is 1. The van der Waals surface area contributed by atoms with Gasteiger partial charge in [-0.15, -0.1) is 0 Å². The molecule has 1 aromatic rings. The Labute approximate surface area is 109 Å². The first-order valence-corrected chi connectivity index (χ1v) is 6.22. The van der Waals surface area contributed by atoms with Gasteiger partial charge in [-0.2, -0.15) is 15.0 Å². The van der Waals surface area contributed by atoms with Gasteiger partial charge in [0.05, 0.1) is 7.11 Å². The second kappa shape index (κ2) is 6.37. The van der Waals surface area contributed by atoms with Crippen LogP contribution in [0.4, 0.5) is 11.9 Å². The molecular formula is C12H23N5O. The molecule has 1 heterocycles. The van der Waals surface area contributed by atoms with Gasteiger partial charge in [0.25, 0.3) is 0 Å². The minimum Gasteiger partial charge on any atom is -0.467 e. The highest BCUT2D eigenvalue weighted by Crippen LogP contribution is 2.18. The van der Waals surface area contributed by atoms with Crippen molar-refractivity contribution in [1.29, 1.82) is 0 Å². The molecule has 0 fully saturated rings. The number of rotatable bonds is 6. The van der Waals surface area contributed by atoms with Crippen LogP contribution in [-0.4, -0.2) is 41.7 Å². The van der Waals surface area contributed by atoms with Crippen LogP contribution >= 0.6 is 0 Å². The zero-order chi connectivity index (χ0) is 13.7. The molecule has 0 spiro atoms. The predicted octanol–water partition coefficient (Wildman–Crippen LogP) is 1.79. The summed E-state index contributed by atoms with van der Waals surface area (Å²) in [6.07, 6.45) is 0. The average Bonchev–Trinajstić information content (AvgIpc) is 2.34. The lowest BCUT2D eigenvalue weighted by Crippen LogP contribution is -2.35. The highest BCUT2D eigenvalue weighted by atomic mass is 16.5. The number of ether oxygens (including phenoxy) is 1. The van der Waals surface area contributed by atoms with Crippen LogP contribution in [0.2, 0.25) is 0 Å². The standard InChI is InChI=1S/C12H23N5O/c1-8(2)7-17(9(3)4)11-14-10(13-5)15-12(16-11)18-6/h8-9H,7H2,1-6H3,(H,13,14,15,16). The number of hydrogen-bond donors (Lipinski definition) is 1. The molecule has 6 heteroatoms. The van der Waals surface area contributed by atoms with Crippen molar-refractivity contribution in [2.75, 3.05) is 30.9 Å². The number of methoxy groups -OCH3 is 1. The quantitative estimate of drug-likeness (QED) is 0.834. The summed E-state index contributed by atoms with van der Waals surface area (Å²) in [5, 5.41) is 2.92. The Kier molecular flexibility index (Phi) is 5.12. The molecule has 0 saturated heterocycles. The number of hydrogen-bond acceptors (Lipinski definition) is 6. The SMILES string of the molecule is CNc1nc(OC)nc(N(CC(C)C)C(C)C)n1. The van der Waals surface area contributed by atoms with E-state index in [1.807, 2.05) is 0 Å². The van der Waals surface area contributed by atoms with Gasteiger partial charge < -0.3 is 15.0 Å². The molecule has 6 nitrogen and oxygen atoms in total. The van der Waals surface area contributed by atoms with Crippen molar-refractivity contribution < 1.29 is 4.74 Å². The van der Waals surface area contributed by atoms with Crippen molar-refractivity contribution in [2.24, 2.45) is 5.92 Å². The minimum absolute atomic E-state index is 0.323. The Balaban J connectivity index is 3.09. The van der Waals surface area contributed by atoms with Crippen molar-refractivity contribution in [3.8, 4) is 6.01 Å². The Bertz CT molecular complexity index is 358. The number of nitrogens with zero attached hydrogens (tertiary/aromatic N) is 4. The van der Waals surface area contributed by atoms with Gasteiger partial charge in [0.1, 0.15) is 0 Å². The van der Waals surface area contributed by atoms with Crippen molar-refractivity contribution >= 4 is 11.9 Å². The molecule has 0 aliphatic carbocycles. The van der Waals surface area contributed by atoms with Crippen LogP contribution in [0.5, 0.6) is 6.01 Å². The lowest BCUT2D eigenvalue weighted by molar-refractivity contribution is 0.378. The highest BCUT2D eigenvalue weighted by Gasteiger charge is 2.17. The average molecular weight is 253 g/mol. The van der Waals surface area contributed by atoms with Gasteiger partial charge in [-0.05, 0) is 19.8 Å². The van der Waals surface area contributed by atoms with E-state index in [1.54, 1.807) is 14.2 Å². The molecule has 0 aromatic carbocycles. The van der Waals surface area contributed by atoms with Crippen LogP contribution in [-0.2, 0) is 0 Å². The summed E-state index contributed by atoms with van der Waals surface area (Å²) in [5.41, 5.74) is 0. The van der Waals surface area contributed by atoms with Crippen molar-refractivity contribution in [3.05, 3.63) is 0 Å². The fourth-order valence-electron chi connectivity index (χ4n) is 1.59. The summed E-state index contributed by atoms with van der Waals surface area (Å²) in [4.78, 5) is 15.0. The Morgan fingerprint density at radius 1 is 1.17 bits per heavy atom. The van der Waals surface area contributed by atoms with Gasteiger partial charge in [-0.25, -0.2) is 0 Å². The second-order valence-corrected chi connectivity index (χ2v) is 4.84. The lowest BCUT2D eigenvalue weighted by atomic mass is 10.2. The maximum Gasteiger partial charge on any atom is 0.322 e. The second-order valence-electron chi connectivity index (χ2n) is 4.84. The van der Waals surface area contributed by atoms with Gasteiger partial charge in [0, 0.05) is 19.6 Å². The topological polar surface area (TPSA) is 63.2 Å². The monoisotopic (exact) mass is 253 g/mol. The van der Waals surface area contributed by atoms with E-state index in [0.29, 0.717) is 29.9 Å². The first-order valence-electron chi connectivity index (χ1n) is 6.22. The molecule has 0 saturated carbocycles. The number of anilines is 2. The van der Waals surface area contributed by atoms with E-state index >= 15 is 0 Å². The third-order valence-electron chi connectivity index (χ3n) is 2.45. The fraction of sp³-hybridized carbons (Fsp3) is 0.750. The molecule has 1 N–H and O–H groups in total. The summed E-state index contributed by atoms with van der Waals surface area (Å²) >= 11 is 0. The van der Waals surface area contributed by atoms with Crippen LogP contribution in [0, 0.1) is 5.92 Å². The van der Waals surface area contributed by atoms with Crippen molar-refractivity contribution in [3.63, 3.8) is 0 Å². The summed E-state index contributed by atoms with van der Waals surface area (Å²) in [6.45, 7) is 9.49. The molecule has 0 atom stereocenters. The van der Waals surface area contributed by atoms with Gasteiger partial charge in [-0.1, -0.05) is 13.8 Å². The lowest BCUT2D eigenvalue weighted by Gasteiger charge is -2.28. The molecule has 1 aromatic heterocycles. The summed E-state index contributed by atoms with van der Waals surface area (Å²) in [7, 11) is 3.33. The van der Waals surface area contributed by atoms with E-state index in [2.05, 4.69) is 52.9 Å². The smallest absolute Gasteiger partial charge is 0.322 e. The number of aromatic nitrogens is 3. The summed E-state index contributed by atoms with van der Waals surface area (Å²) in [6, 6.07) is 0.656. The molecule has 0 aliphatic rings. The molecule has 0 amide bonds. The molecule has 0 radical (unpaired) electrons. The molecule has 0 aliphatic heterocycles. The van der Waals surface area contributed by atoms with Crippen LogP contribution in [0.25, 0.3) is 0 Å². The predicted molar refractivity (Wildman–Crippen MR) is 73.2 cm³/mol. The van der Waals surface area contributed by atoms with E-state index < -0.39 is 0 Å². The first kappa shape index (κ1) is 14.5. The van der Waals surface area contributed by atoms with Crippen LogP contribution in [0.1, 0.15) is 27.7 Å². The van der Waals surface area contributed by atoms with E-state index in [-0.39, 0.29) is 0 Å². The molecular weight excluding hydrogens is 230 g/mol. The molecule has 18 heavy (non-hydrogen) atoms. The fourth-order valence-corrected chi connectivity index (χ4v) is 1.59. The molecule has 0 unspecified atom stereocenters. The third-order valence-corrected chi connectivity index (χ3v) is 2.45. The van der Waals surface area contributed by atoms with Gasteiger partial charge >= 0.3 is 6.01 Å². The molecule has 0 bridgehead atoms. The zero-order valence-corrected chi connectivity index (χ0v) is 12.1. The Morgan fingerprint density at radius 3 is 2.28 bits per heavy atom. The van der Waals surface area contributed by atoms with E-state index in [4.69, 9.17) is 4.74 Å². The molecule has 1 rings (SSSR count). The van der Waals surface area contributed by atoms with Gasteiger partial charge in [-0.3, -0.25) is 0 Å². The Morgan fingerprint density at radius 2 is 1.83 bits per heavy atom. The van der Waals surface area contributed by atoms with E-state index in [1.165, 1.54) is 0 Å². The van der Waals surface area contributed by atoms with Crippen molar-refractivity contribution in [1.82, 2.24) is 15.0 Å².